The van der Waals surface area contributed by atoms with E-state index in [1.54, 1.807) is 6.92 Å². The zero-order valence-electron chi connectivity index (χ0n) is 12.9. The van der Waals surface area contributed by atoms with Crippen LogP contribution in [0.3, 0.4) is 0 Å². The van der Waals surface area contributed by atoms with Gasteiger partial charge < -0.3 is 4.74 Å². The van der Waals surface area contributed by atoms with Gasteiger partial charge in [0.2, 0.25) is 4.80 Å². The lowest BCUT2D eigenvalue weighted by molar-refractivity contribution is 0.0521. The summed E-state index contributed by atoms with van der Waals surface area (Å²) in [5, 5.41) is 0. The van der Waals surface area contributed by atoms with E-state index in [0.29, 0.717) is 14.8 Å². The van der Waals surface area contributed by atoms with Crippen LogP contribution < -0.4 is 4.80 Å². The molecule has 0 fully saturated rings. The molecule has 2 aromatic rings. The molecule has 0 amide bonds. The highest BCUT2D eigenvalue weighted by Gasteiger charge is 2.18. The second kappa shape index (κ2) is 6.94. The summed E-state index contributed by atoms with van der Waals surface area (Å²) in [6, 6.07) is 1.73. The Kier molecular flexibility index (Phi) is 4.91. The molecule has 0 unspecified atom stereocenters. The molecule has 3 rings (SSSR count). The van der Waals surface area contributed by atoms with Crippen molar-refractivity contribution in [3.8, 4) is 0 Å². The minimum atomic E-state index is -0.968. The largest absolute Gasteiger partial charge is 0.462 e. The summed E-state index contributed by atoms with van der Waals surface area (Å²) in [6.45, 7) is 3.25. The Bertz CT molecular complexity index is 914. The highest BCUT2D eigenvalue weighted by molar-refractivity contribution is 7.73. The molecule has 2 heterocycles. The van der Waals surface area contributed by atoms with Gasteiger partial charge in [-0.15, -0.1) is 0 Å². The van der Waals surface area contributed by atoms with Gasteiger partial charge in [-0.25, -0.2) is 18.6 Å². The van der Waals surface area contributed by atoms with Gasteiger partial charge in [0.25, 0.3) is 0 Å². The molecule has 0 bridgehead atoms. The van der Waals surface area contributed by atoms with Gasteiger partial charge in [0.15, 0.2) is 9.77 Å². The van der Waals surface area contributed by atoms with E-state index in [9.17, 15) is 13.6 Å². The lowest BCUT2D eigenvalue weighted by atomic mass is 10.2. The van der Waals surface area contributed by atoms with Gasteiger partial charge in [0.1, 0.15) is 11.5 Å². The zero-order chi connectivity index (χ0) is 17.3. The minimum absolute atomic E-state index is 0.104. The molecule has 0 aliphatic carbocycles. The van der Waals surface area contributed by atoms with E-state index in [2.05, 4.69) is 4.99 Å². The number of rotatable bonds is 3. The number of hydrogen-bond donors (Lipinski definition) is 0. The number of ether oxygens (including phenoxy) is 1. The molecule has 5 nitrogen and oxygen atoms in total. The van der Waals surface area contributed by atoms with Crippen molar-refractivity contribution in [1.29, 1.82) is 0 Å². The van der Waals surface area contributed by atoms with E-state index in [1.165, 1.54) is 11.3 Å². The maximum Gasteiger partial charge on any atom is 0.341 e. The van der Waals surface area contributed by atoms with Crippen molar-refractivity contribution < 1.29 is 18.3 Å². The first kappa shape index (κ1) is 17.0. The number of hydrogen-bond acceptors (Lipinski definition) is 5. The molecule has 128 valence electrons. The van der Waals surface area contributed by atoms with E-state index in [1.807, 2.05) is 9.36 Å². The summed E-state index contributed by atoms with van der Waals surface area (Å²) in [6.07, 6.45) is 2.01. The molecule has 1 aliphatic heterocycles. The summed E-state index contributed by atoms with van der Waals surface area (Å²) >= 11 is 6.56. The van der Waals surface area contributed by atoms with Gasteiger partial charge in [-0.05, 0) is 38.0 Å². The SMILES string of the molecule is CCOC(=O)c1cc(/N=c2/sc(=S)n3n2CCCC3)c(F)cc1F. The average molecular weight is 371 g/mol. The summed E-state index contributed by atoms with van der Waals surface area (Å²) in [7, 11) is 0. The summed E-state index contributed by atoms with van der Waals surface area (Å²) in [5.74, 6) is -2.65. The monoisotopic (exact) mass is 371 g/mol. The van der Waals surface area contributed by atoms with Gasteiger partial charge in [-0.1, -0.05) is 11.3 Å². The topological polar surface area (TPSA) is 48.5 Å². The molecule has 0 atom stereocenters. The van der Waals surface area contributed by atoms with Crippen LogP contribution in [-0.2, 0) is 17.8 Å². The van der Waals surface area contributed by atoms with Crippen molar-refractivity contribution in [3.05, 3.63) is 38.1 Å². The van der Waals surface area contributed by atoms with Gasteiger partial charge in [-0.3, -0.25) is 9.36 Å². The Hall–Kier alpha value is -1.87. The van der Waals surface area contributed by atoms with Gasteiger partial charge in [-0.2, -0.15) is 0 Å². The van der Waals surface area contributed by atoms with E-state index in [4.69, 9.17) is 17.0 Å². The minimum Gasteiger partial charge on any atom is -0.462 e. The molecule has 0 radical (unpaired) electrons. The van der Waals surface area contributed by atoms with E-state index in [-0.39, 0.29) is 17.9 Å². The molecular formula is C15H15F2N3O2S2. The molecule has 1 aliphatic rings. The Morgan fingerprint density at radius 1 is 1.29 bits per heavy atom. The maximum atomic E-state index is 14.1. The van der Waals surface area contributed by atoms with Crippen molar-refractivity contribution >= 4 is 35.2 Å². The normalized spacial score (nSPS) is 14.5. The smallest absolute Gasteiger partial charge is 0.341 e. The van der Waals surface area contributed by atoms with E-state index in [0.717, 1.165) is 32.0 Å². The van der Waals surface area contributed by atoms with Crippen LogP contribution in [0.15, 0.2) is 17.1 Å². The molecule has 1 aromatic carbocycles. The van der Waals surface area contributed by atoms with Crippen LogP contribution in [0.5, 0.6) is 0 Å². The fraction of sp³-hybridized carbons (Fsp3) is 0.400. The predicted molar refractivity (Wildman–Crippen MR) is 87.9 cm³/mol. The molecular weight excluding hydrogens is 356 g/mol. The number of nitrogens with zero attached hydrogens (tertiary/aromatic N) is 3. The summed E-state index contributed by atoms with van der Waals surface area (Å²) in [5.41, 5.74) is -0.448. The Labute approximate surface area is 145 Å². The van der Waals surface area contributed by atoms with Crippen molar-refractivity contribution in [2.45, 2.75) is 32.9 Å². The highest BCUT2D eigenvalue weighted by atomic mass is 32.1. The predicted octanol–water partition coefficient (Wildman–Crippen LogP) is 3.56. The second-order valence-electron chi connectivity index (χ2n) is 5.22. The van der Waals surface area contributed by atoms with Crippen molar-refractivity contribution in [1.82, 2.24) is 9.36 Å². The van der Waals surface area contributed by atoms with Crippen LogP contribution in [0.1, 0.15) is 30.1 Å². The molecule has 0 N–H and O–H groups in total. The Morgan fingerprint density at radius 3 is 2.71 bits per heavy atom. The van der Waals surface area contributed by atoms with Crippen LogP contribution in [0.4, 0.5) is 14.5 Å². The number of carbonyl (C=O) groups excluding carboxylic acids is 1. The fourth-order valence-corrected chi connectivity index (χ4v) is 3.81. The number of esters is 1. The number of halogens is 2. The van der Waals surface area contributed by atoms with Crippen LogP contribution >= 0.6 is 23.6 Å². The third-order valence-electron chi connectivity index (χ3n) is 3.64. The molecule has 0 saturated heterocycles. The molecule has 9 heteroatoms. The van der Waals surface area contributed by atoms with Crippen LogP contribution in [0, 0.1) is 15.6 Å². The van der Waals surface area contributed by atoms with Crippen molar-refractivity contribution in [2.75, 3.05) is 6.61 Å². The van der Waals surface area contributed by atoms with Gasteiger partial charge in [0, 0.05) is 19.2 Å². The second-order valence-corrected chi connectivity index (χ2v) is 6.82. The van der Waals surface area contributed by atoms with Crippen LogP contribution in [0.2, 0.25) is 0 Å². The van der Waals surface area contributed by atoms with Gasteiger partial charge in [0.05, 0.1) is 12.2 Å². The standard InChI is InChI=1S/C15H15F2N3O2S2/c1-2-22-13(21)9-7-12(11(17)8-10(9)16)18-14-19-5-3-4-6-20(19)15(23)24-14/h7-8H,2-6H2,1H3/b18-14+. The van der Waals surface area contributed by atoms with Crippen molar-refractivity contribution in [3.63, 3.8) is 0 Å². The first-order valence-corrected chi connectivity index (χ1v) is 8.75. The number of aromatic nitrogens is 2. The van der Waals surface area contributed by atoms with E-state index < -0.39 is 17.6 Å². The lowest BCUT2D eigenvalue weighted by Crippen LogP contribution is -2.27. The average Bonchev–Trinajstić information content (AvgIpc) is 2.87. The Balaban J connectivity index is 2.12. The maximum absolute atomic E-state index is 14.1. The first-order valence-electron chi connectivity index (χ1n) is 7.53. The van der Waals surface area contributed by atoms with Gasteiger partial charge >= 0.3 is 5.97 Å². The van der Waals surface area contributed by atoms with Crippen molar-refractivity contribution in [2.24, 2.45) is 4.99 Å². The summed E-state index contributed by atoms with van der Waals surface area (Å²) in [4.78, 5) is 16.6. The number of carbonyl (C=O) groups is 1. The fourth-order valence-electron chi connectivity index (χ4n) is 2.51. The van der Waals surface area contributed by atoms with Crippen LogP contribution in [0.25, 0.3) is 0 Å². The first-order chi connectivity index (χ1) is 11.5. The van der Waals surface area contributed by atoms with E-state index >= 15 is 0 Å². The zero-order valence-corrected chi connectivity index (χ0v) is 14.6. The lowest BCUT2D eigenvalue weighted by Gasteiger charge is -2.16. The molecule has 1 aromatic heterocycles. The van der Waals surface area contributed by atoms with Crippen LogP contribution in [-0.4, -0.2) is 21.9 Å². The molecule has 0 saturated carbocycles. The number of benzene rings is 1. The quantitative estimate of drug-likeness (QED) is 0.612. The Morgan fingerprint density at radius 2 is 2.00 bits per heavy atom. The summed E-state index contributed by atoms with van der Waals surface area (Å²) < 4.78 is 37.2. The molecule has 24 heavy (non-hydrogen) atoms. The third kappa shape index (κ3) is 3.18. The highest BCUT2D eigenvalue weighted by Crippen LogP contribution is 2.23. The number of fused-ring (bicyclic) bond motifs is 1. The molecule has 0 spiro atoms. The third-order valence-corrected chi connectivity index (χ3v) is 4.97.